The first-order valence-electron chi connectivity index (χ1n) is 12.3. The van der Waals surface area contributed by atoms with Crippen molar-refractivity contribution in [3.8, 4) is 5.88 Å². The number of ether oxygens (including phenoxy) is 1. The Balaban J connectivity index is 0.00000204. The number of rotatable bonds is 11. The second kappa shape index (κ2) is 12.5. The number of nitrogens with two attached hydrogens (primary N) is 1. The molecule has 1 amide bonds. The number of amides is 1. The predicted octanol–water partition coefficient (Wildman–Crippen LogP) is 4.53. The fraction of sp³-hybridized carbons (Fsp3) is 0.833. The lowest BCUT2D eigenvalue weighted by Crippen LogP contribution is -2.55. The van der Waals surface area contributed by atoms with Gasteiger partial charge in [-0.05, 0) is 60.9 Å². The van der Waals surface area contributed by atoms with Gasteiger partial charge in [-0.1, -0.05) is 27.7 Å². The van der Waals surface area contributed by atoms with Crippen LogP contribution in [0, 0.1) is 29.1 Å². The van der Waals surface area contributed by atoms with Gasteiger partial charge in [0.05, 0.1) is 6.61 Å². The summed E-state index contributed by atoms with van der Waals surface area (Å²) in [4.78, 5) is 14.0. The third-order valence-corrected chi connectivity index (χ3v) is 8.30. The highest BCUT2D eigenvalue weighted by Crippen LogP contribution is 2.53. The number of nitrogens with one attached hydrogen (secondary N) is 2. The van der Waals surface area contributed by atoms with E-state index in [0.29, 0.717) is 41.5 Å². The van der Waals surface area contributed by atoms with Gasteiger partial charge in [0, 0.05) is 36.3 Å². The zero-order valence-corrected chi connectivity index (χ0v) is 23.3. The molecule has 1 heterocycles. The van der Waals surface area contributed by atoms with Gasteiger partial charge >= 0.3 is 0 Å². The highest BCUT2D eigenvalue weighted by Gasteiger charge is 2.49. The van der Waals surface area contributed by atoms with E-state index in [1.165, 1.54) is 32.1 Å². The molecule has 4 aliphatic carbocycles. The average molecular weight is 538 g/mol. The highest BCUT2D eigenvalue weighted by atomic mass is 35.5. The Hall–Kier alpha value is -0.670. The van der Waals surface area contributed by atoms with Gasteiger partial charge in [-0.3, -0.25) is 4.79 Å². The lowest BCUT2D eigenvalue weighted by atomic mass is 9.54. The van der Waals surface area contributed by atoms with E-state index in [1.807, 2.05) is 0 Å². The maximum Gasteiger partial charge on any atom is 0.291 e. The second-order valence-corrected chi connectivity index (χ2v) is 12.7. The Labute approximate surface area is 220 Å². The van der Waals surface area contributed by atoms with Crippen LogP contribution in [0.4, 0.5) is 0 Å². The van der Waals surface area contributed by atoms with E-state index in [-0.39, 0.29) is 47.4 Å². The van der Waals surface area contributed by atoms with Crippen LogP contribution in [-0.2, 0) is 0 Å². The molecule has 0 saturated heterocycles. The fourth-order valence-electron chi connectivity index (χ4n) is 6.06. The summed E-state index contributed by atoms with van der Waals surface area (Å²) in [5, 5.41) is 11.1. The van der Waals surface area contributed by atoms with Crippen LogP contribution in [0.1, 0.15) is 70.4 Å². The van der Waals surface area contributed by atoms with Crippen LogP contribution in [0.5, 0.6) is 5.88 Å². The SMILES string of the molecule is CC(C)Sc1c(OCC(C)(C)CNCCN)noc1C(=O)NC1C2CC3CC(C2)CC1C3.Cl.Cl. The molecule has 0 aromatic carbocycles. The highest BCUT2D eigenvalue weighted by molar-refractivity contribution is 8.00. The normalized spacial score (nSPS) is 27.3. The van der Waals surface area contributed by atoms with E-state index in [1.54, 1.807) is 11.8 Å². The molecular weight excluding hydrogens is 495 g/mol. The Bertz CT molecular complexity index is 777. The molecule has 4 bridgehead atoms. The molecule has 10 heteroatoms. The van der Waals surface area contributed by atoms with Crippen molar-refractivity contribution in [2.45, 2.75) is 76.0 Å². The summed E-state index contributed by atoms with van der Waals surface area (Å²) in [6.45, 7) is 11.1. The third-order valence-electron chi connectivity index (χ3n) is 7.23. The molecule has 4 saturated carbocycles. The minimum Gasteiger partial charge on any atom is -0.474 e. The lowest BCUT2D eigenvalue weighted by molar-refractivity contribution is -0.0124. The van der Waals surface area contributed by atoms with E-state index in [2.05, 4.69) is 43.5 Å². The first-order chi connectivity index (χ1) is 15.3. The molecule has 4 aliphatic rings. The van der Waals surface area contributed by atoms with Crippen molar-refractivity contribution in [2.75, 3.05) is 26.2 Å². The standard InChI is InChI=1S/C24H40N4O3S.2ClH/c1-14(2)32-21-20(31-28-23(21)30-13-24(3,4)12-26-6-5-25)22(29)27-19-17-8-15-7-16(10-17)11-18(19)9-15;;/h14-19,26H,5-13,25H2,1-4H3,(H,27,29);2*1H. The summed E-state index contributed by atoms with van der Waals surface area (Å²) in [6.07, 6.45) is 6.48. The van der Waals surface area contributed by atoms with Gasteiger partial charge in [-0.2, -0.15) is 0 Å². The van der Waals surface area contributed by atoms with Gasteiger partial charge in [-0.15, -0.1) is 36.6 Å². The summed E-state index contributed by atoms with van der Waals surface area (Å²) in [5.41, 5.74) is 5.47. The molecule has 1 aromatic rings. The summed E-state index contributed by atoms with van der Waals surface area (Å²) in [6, 6.07) is 0.272. The minimum atomic E-state index is -0.142. The van der Waals surface area contributed by atoms with Crippen LogP contribution in [-0.4, -0.2) is 48.6 Å². The molecule has 7 nitrogen and oxygen atoms in total. The van der Waals surface area contributed by atoms with Crippen molar-refractivity contribution in [3.63, 3.8) is 0 Å². The molecule has 4 fully saturated rings. The van der Waals surface area contributed by atoms with E-state index in [4.69, 9.17) is 15.0 Å². The molecule has 4 N–H and O–H groups in total. The van der Waals surface area contributed by atoms with Crippen molar-refractivity contribution in [3.05, 3.63) is 5.76 Å². The van der Waals surface area contributed by atoms with Crippen LogP contribution in [0.15, 0.2) is 9.42 Å². The van der Waals surface area contributed by atoms with Crippen molar-refractivity contribution in [1.82, 2.24) is 15.8 Å². The third kappa shape index (κ3) is 6.96. The molecule has 0 spiro atoms. The predicted molar refractivity (Wildman–Crippen MR) is 141 cm³/mol. The van der Waals surface area contributed by atoms with Gasteiger partial charge in [0.25, 0.3) is 11.8 Å². The van der Waals surface area contributed by atoms with Gasteiger partial charge in [0.2, 0.25) is 5.76 Å². The first kappa shape index (κ1) is 29.6. The quantitative estimate of drug-likeness (QED) is 0.282. The Morgan fingerprint density at radius 2 is 1.79 bits per heavy atom. The van der Waals surface area contributed by atoms with E-state index in [0.717, 1.165) is 24.9 Å². The molecule has 34 heavy (non-hydrogen) atoms. The lowest BCUT2D eigenvalue weighted by Gasteiger charge is -2.54. The summed E-state index contributed by atoms with van der Waals surface area (Å²) in [5.74, 6) is 3.58. The maximum absolute atomic E-state index is 13.3. The molecule has 0 aliphatic heterocycles. The van der Waals surface area contributed by atoms with Crippen LogP contribution in [0.3, 0.4) is 0 Å². The van der Waals surface area contributed by atoms with Gasteiger partial charge in [0.15, 0.2) is 0 Å². The van der Waals surface area contributed by atoms with Crippen LogP contribution in [0.25, 0.3) is 0 Å². The zero-order valence-electron chi connectivity index (χ0n) is 20.8. The topological polar surface area (TPSA) is 102 Å². The first-order valence-corrected chi connectivity index (χ1v) is 13.1. The Morgan fingerprint density at radius 1 is 1.18 bits per heavy atom. The zero-order chi connectivity index (χ0) is 22.9. The Morgan fingerprint density at radius 3 is 2.35 bits per heavy atom. The second-order valence-electron chi connectivity index (χ2n) is 11.2. The Kier molecular flexibility index (Phi) is 10.9. The average Bonchev–Trinajstić information content (AvgIpc) is 3.10. The van der Waals surface area contributed by atoms with E-state index >= 15 is 0 Å². The molecule has 0 radical (unpaired) electrons. The van der Waals surface area contributed by atoms with Gasteiger partial charge in [-0.25, -0.2) is 0 Å². The molecule has 5 rings (SSSR count). The maximum atomic E-state index is 13.3. The number of hydrogen-bond donors (Lipinski definition) is 3. The van der Waals surface area contributed by atoms with Crippen LogP contribution >= 0.6 is 36.6 Å². The number of nitrogens with zero attached hydrogens (tertiary/aromatic N) is 1. The molecule has 196 valence electrons. The van der Waals surface area contributed by atoms with Gasteiger partial charge in [0.1, 0.15) is 4.90 Å². The largest absolute Gasteiger partial charge is 0.474 e. The van der Waals surface area contributed by atoms with Crippen LogP contribution < -0.4 is 21.1 Å². The summed E-state index contributed by atoms with van der Waals surface area (Å²) in [7, 11) is 0. The summed E-state index contributed by atoms with van der Waals surface area (Å²) < 4.78 is 11.6. The number of carbonyl (C=O) groups is 1. The van der Waals surface area contributed by atoms with Crippen molar-refractivity contribution >= 4 is 42.5 Å². The number of hydrogen-bond acceptors (Lipinski definition) is 7. The number of aromatic nitrogens is 1. The molecule has 0 atom stereocenters. The van der Waals surface area contributed by atoms with Crippen molar-refractivity contribution in [2.24, 2.45) is 34.8 Å². The van der Waals surface area contributed by atoms with Crippen molar-refractivity contribution < 1.29 is 14.1 Å². The molecular formula is C24H42Cl2N4O3S. The van der Waals surface area contributed by atoms with Crippen molar-refractivity contribution in [1.29, 1.82) is 0 Å². The fourth-order valence-corrected chi connectivity index (χ4v) is 6.97. The number of carbonyl (C=O) groups excluding carboxylic acids is 1. The van der Waals surface area contributed by atoms with E-state index in [9.17, 15) is 4.79 Å². The summed E-state index contributed by atoms with van der Waals surface area (Å²) >= 11 is 1.58. The smallest absolute Gasteiger partial charge is 0.291 e. The van der Waals surface area contributed by atoms with Crippen LogP contribution in [0.2, 0.25) is 0 Å². The van der Waals surface area contributed by atoms with Gasteiger partial charge < -0.3 is 25.6 Å². The molecule has 1 aromatic heterocycles. The number of halogens is 2. The minimum absolute atomic E-state index is 0. The van der Waals surface area contributed by atoms with E-state index < -0.39 is 0 Å². The monoisotopic (exact) mass is 536 g/mol. The number of thioether (sulfide) groups is 1. The molecule has 0 unspecified atom stereocenters.